The zero-order chi connectivity index (χ0) is 26.6. The van der Waals surface area contributed by atoms with E-state index in [1.54, 1.807) is 25.3 Å². The molecule has 10 heteroatoms. The van der Waals surface area contributed by atoms with Crippen molar-refractivity contribution in [2.45, 2.75) is 36.8 Å². The number of aliphatic hydroxyl groups is 1. The molecule has 0 aliphatic carbocycles. The number of hydrogen-bond donors (Lipinski definition) is 1. The van der Waals surface area contributed by atoms with Gasteiger partial charge in [0.1, 0.15) is 11.9 Å². The second kappa shape index (κ2) is 12.2. The molecule has 3 aromatic rings. The van der Waals surface area contributed by atoms with Gasteiger partial charge in [0, 0.05) is 40.9 Å². The molecule has 4 nitrogen and oxygen atoms in total. The van der Waals surface area contributed by atoms with Crippen LogP contribution < -0.4 is 4.74 Å². The zero-order valence-electron chi connectivity index (χ0n) is 20.5. The average Bonchev–Trinajstić information content (AvgIpc) is 2.90. The molecule has 0 bridgehead atoms. The number of alkyl halides is 1. The van der Waals surface area contributed by atoms with Crippen LogP contribution in [-0.2, 0) is 0 Å². The summed E-state index contributed by atoms with van der Waals surface area (Å²) < 4.78 is 60.8. The van der Waals surface area contributed by atoms with Crippen LogP contribution in [0.2, 0.25) is 5.02 Å². The van der Waals surface area contributed by atoms with Crippen LogP contribution >= 0.6 is 23.4 Å². The maximum absolute atomic E-state index is 15.6. The average molecular weight is 557 g/mol. The smallest absolute Gasteiger partial charge is 0.194 e. The molecule has 1 N–H and O–H groups in total. The van der Waals surface area contributed by atoms with Crippen LogP contribution in [0.3, 0.4) is 0 Å². The van der Waals surface area contributed by atoms with Crippen molar-refractivity contribution < 1.29 is 27.4 Å². The van der Waals surface area contributed by atoms with E-state index in [4.69, 9.17) is 16.3 Å². The minimum Gasteiger partial charge on any atom is -0.497 e. The number of fused-ring (bicyclic) bond motifs is 1. The van der Waals surface area contributed by atoms with Crippen molar-refractivity contribution >= 4 is 34.3 Å². The first kappa shape index (κ1) is 28.0. The summed E-state index contributed by atoms with van der Waals surface area (Å²) in [6, 6.07) is 7.27. The molecule has 0 radical (unpaired) electrons. The predicted molar refractivity (Wildman–Crippen MR) is 139 cm³/mol. The van der Waals surface area contributed by atoms with Crippen molar-refractivity contribution in [2.75, 3.05) is 39.1 Å². The Morgan fingerprint density at radius 3 is 2.51 bits per heavy atom. The van der Waals surface area contributed by atoms with E-state index in [0.717, 1.165) is 25.2 Å². The summed E-state index contributed by atoms with van der Waals surface area (Å²) in [4.78, 5) is 6.84. The number of aliphatic hydroxyl groups excluding tert-OH is 1. The summed E-state index contributed by atoms with van der Waals surface area (Å²) in [5.41, 5.74) is 0.642. The lowest BCUT2D eigenvalue weighted by Crippen LogP contribution is -2.42. The molecule has 1 aliphatic rings. The van der Waals surface area contributed by atoms with Gasteiger partial charge in [0.05, 0.1) is 17.6 Å². The van der Waals surface area contributed by atoms with E-state index in [1.165, 1.54) is 18.0 Å². The van der Waals surface area contributed by atoms with Gasteiger partial charge >= 0.3 is 0 Å². The summed E-state index contributed by atoms with van der Waals surface area (Å²) in [5.74, 6) is -2.67. The summed E-state index contributed by atoms with van der Waals surface area (Å²) in [5, 5.41) is 11.1. The lowest BCUT2D eigenvalue weighted by atomic mass is 9.74. The Morgan fingerprint density at radius 2 is 1.86 bits per heavy atom. The van der Waals surface area contributed by atoms with E-state index < -0.39 is 23.6 Å². The van der Waals surface area contributed by atoms with Crippen molar-refractivity contribution in [1.82, 2.24) is 9.88 Å². The van der Waals surface area contributed by atoms with Crippen LogP contribution in [0.15, 0.2) is 41.4 Å². The van der Waals surface area contributed by atoms with Crippen LogP contribution in [0.4, 0.5) is 17.6 Å². The van der Waals surface area contributed by atoms with Gasteiger partial charge in [-0.1, -0.05) is 11.6 Å². The van der Waals surface area contributed by atoms with Crippen molar-refractivity contribution in [1.29, 1.82) is 0 Å². The van der Waals surface area contributed by atoms with Gasteiger partial charge in [-0.15, -0.1) is 11.8 Å². The molecule has 37 heavy (non-hydrogen) atoms. The van der Waals surface area contributed by atoms with E-state index in [2.05, 4.69) is 9.88 Å². The Bertz CT molecular complexity index is 1220. The Labute approximate surface area is 223 Å². The van der Waals surface area contributed by atoms with Crippen molar-refractivity contribution in [3.8, 4) is 5.75 Å². The van der Waals surface area contributed by atoms with E-state index in [0.29, 0.717) is 58.7 Å². The van der Waals surface area contributed by atoms with Gasteiger partial charge in [-0.2, -0.15) is 0 Å². The molecule has 0 spiro atoms. The van der Waals surface area contributed by atoms with E-state index in [1.807, 2.05) is 0 Å². The predicted octanol–water partition coefficient (Wildman–Crippen LogP) is 6.97. The SMILES string of the molecule is COc1ccc2ncc(Cl)c([C@@H](F)CCC3(CO)CCN(CCSc4cc(F)c(F)c(F)c4)CC3)c2c1. The largest absolute Gasteiger partial charge is 0.497 e. The molecule has 200 valence electrons. The molecular weight excluding hydrogens is 528 g/mol. The monoisotopic (exact) mass is 556 g/mol. The maximum atomic E-state index is 15.6. The summed E-state index contributed by atoms with van der Waals surface area (Å²) in [6.07, 6.45) is 2.28. The molecule has 1 fully saturated rings. The summed E-state index contributed by atoms with van der Waals surface area (Å²) in [7, 11) is 1.55. The Balaban J connectivity index is 1.32. The van der Waals surface area contributed by atoms with Crippen molar-refractivity contribution in [3.05, 3.63) is 64.6 Å². The normalized spacial score (nSPS) is 16.7. The molecule has 0 amide bonds. The number of methoxy groups -OCH3 is 1. The second-order valence-corrected chi connectivity index (χ2v) is 11.0. The van der Waals surface area contributed by atoms with Crippen molar-refractivity contribution in [2.24, 2.45) is 5.41 Å². The third-order valence-corrected chi connectivity index (χ3v) is 8.45. The van der Waals surface area contributed by atoms with Crippen LogP contribution in [-0.4, -0.2) is 54.1 Å². The number of thioether (sulfide) groups is 1. The number of rotatable bonds is 10. The molecular formula is C27H29ClF4N2O2S. The molecule has 1 aromatic heterocycles. The maximum Gasteiger partial charge on any atom is 0.194 e. The Morgan fingerprint density at radius 1 is 1.16 bits per heavy atom. The highest BCUT2D eigenvalue weighted by Gasteiger charge is 2.35. The van der Waals surface area contributed by atoms with Gasteiger partial charge in [-0.25, -0.2) is 17.6 Å². The number of aromatic nitrogens is 1. The number of likely N-dealkylation sites (tertiary alicyclic amines) is 1. The summed E-state index contributed by atoms with van der Waals surface area (Å²) >= 11 is 7.62. The second-order valence-electron chi connectivity index (χ2n) is 9.46. The fourth-order valence-electron chi connectivity index (χ4n) is 4.84. The Kier molecular flexibility index (Phi) is 9.21. The quantitative estimate of drug-likeness (QED) is 0.166. The molecule has 4 rings (SSSR count). The molecule has 1 aliphatic heterocycles. The van der Waals surface area contributed by atoms with Gasteiger partial charge in [0.2, 0.25) is 0 Å². The number of hydrogen-bond acceptors (Lipinski definition) is 5. The number of ether oxygens (including phenoxy) is 1. The van der Waals surface area contributed by atoms with Gasteiger partial charge < -0.3 is 14.7 Å². The molecule has 0 saturated carbocycles. The third kappa shape index (κ3) is 6.50. The van der Waals surface area contributed by atoms with Crippen LogP contribution in [0.1, 0.15) is 37.4 Å². The highest BCUT2D eigenvalue weighted by molar-refractivity contribution is 7.99. The van der Waals surface area contributed by atoms with Crippen LogP contribution in [0.25, 0.3) is 10.9 Å². The molecule has 0 unspecified atom stereocenters. The van der Waals surface area contributed by atoms with E-state index in [9.17, 15) is 18.3 Å². The first-order chi connectivity index (χ1) is 17.7. The summed E-state index contributed by atoms with van der Waals surface area (Å²) in [6.45, 7) is 2.09. The van der Waals surface area contributed by atoms with Crippen LogP contribution in [0.5, 0.6) is 5.75 Å². The Hall–Kier alpha value is -2.07. The lowest BCUT2D eigenvalue weighted by molar-refractivity contribution is 0.0323. The minimum absolute atomic E-state index is 0.0326. The van der Waals surface area contributed by atoms with Crippen LogP contribution in [0, 0.1) is 22.9 Å². The first-order valence-electron chi connectivity index (χ1n) is 12.1. The topological polar surface area (TPSA) is 45.6 Å². The third-order valence-electron chi connectivity index (χ3n) is 7.20. The molecule has 1 atom stereocenters. The number of pyridine rings is 1. The van der Waals surface area contributed by atoms with E-state index >= 15 is 4.39 Å². The number of benzene rings is 2. The standard InChI is InChI=1S/C27H29ClF4N2O2S/c1-36-17-2-3-24-19(12-17)25(20(28)15-33-24)21(29)4-5-27(16-35)6-8-34(9-7-27)10-11-37-18-13-22(30)26(32)23(31)14-18/h2-3,12-15,21,35H,4-11,16H2,1H3/t21-/m0/s1. The minimum atomic E-state index is -1.46. The highest BCUT2D eigenvalue weighted by Crippen LogP contribution is 2.42. The van der Waals surface area contributed by atoms with Gasteiger partial charge in [-0.05, 0) is 74.5 Å². The number of halogens is 5. The fourth-order valence-corrected chi connectivity index (χ4v) is 6.06. The van der Waals surface area contributed by atoms with Gasteiger partial charge in [0.25, 0.3) is 0 Å². The first-order valence-corrected chi connectivity index (χ1v) is 13.5. The van der Waals surface area contributed by atoms with Gasteiger partial charge in [0.15, 0.2) is 17.5 Å². The van der Waals surface area contributed by atoms with Crippen molar-refractivity contribution in [3.63, 3.8) is 0 Å². The van der Waals surface area contributed by atoms with Gasteiger partial charge in [-0.3, -0.25) is 4.98 Å². The molecule has 1 saturated heterocycles. The lowest BCUT2D eigenvalue weighted by Gasteiger charge is -2.41. The molecule has 2 aromatic carbocycles. The highest BCUT2D eigenvalue weighted by atomic mass is 35.5. The number of piperidine rings is 1. The molecule has 2 heterocycles. The fraction of sp³-hybridized carbons (Fsp3) is 0.444. The number of nitrogens with zero attached hydrogens (tertiary/aromatic N) is 2. The van der Waals surface area contributed by atoms with E-state index in [-0.39, 0.29) is 23.5 Å². The zero-order valence-corrected chi connectivity index (χ0v) is 22.0.